The Labute approximate surface area is 141 Å². The molecule has 1 unspecified atom stereocenters. The van der Waals surface area contributed by atoms with Crippen LogP contribution in [0.1, 0.15) is 24.2 Å². The predicted octanol–water partition coefficient (Wildman–Crippen LogP) is 1.43. The summed E-state index contributed by atoms with van der Waals surface area (Å²) in [7, 11) is 0. The zero-order valence-corrected chi connectivity index (χ0v) is 14.5. The van der Waals surface area contributed by atoms with Crippen molar-refractivity contribution < 1.29 is 19.7 Å². The van der Waals surface area contributed by atoms with E-state index in [2.05, 4.69) is 4.90 Å². The smallest absolute Gasteiger partial charge is 0.182 e. The van der Waals surface area contributed by atoms with Crippen LogP contribution < -0.4 is 0 Å². The van der Waals surface area contributed by atoms with Gasteiger partial charge in [-0.05, 0) is 26.0 Å². The van der Waals surface area contributed by atoms with Crippen molar-refractivity contribution in [1.29, 1.82) is 0 Å². The molecule has 0 spiro atoms. The number of ether oxygens (including phenoxy) is 1. The molecule has 1 heterocycles. The summed E-state index contributed by atoms with van der Waals surface area (Å²) in [6, 6.07) is 7.44. The summed E-state index contributed by atoms with van der Waals surface area (Å²) >= 11 is 1.46. The van der Waals surface area contributed by atoms with Gasteiger partial charge >= 0.3 is 0 Å². The van der Waals surface area contributed by atoms with Crippen LogP contribution in [0.5, 0.6) is 0 Å². The Hall–Kier alpha value is -0.920. The van der Waals surface area contributed by atoms with Gasteiger partial charge in [0, 0.05) is 29.3 Å². The highest BCUT2D eigenvalue weighted by molar-refractivity contribution is 7.99. The van der Waals surface area contributed by atoms with E-state index in [1.54, 1.807) is 0 Å². The molecule has 0 saturated carbocycles. The van der Waals surface area contributed by atoms with Crippen molar-refractivity contribution in [2.75, 3.05) is 38.7 Å². The zero-order chi connectivity index (χ0) is 16.9. The fraction of sp³-hybridized carbons (Fsp3) is 0.588. The van der Waals surface area contributed by atoms with E-state index in [9.17, 15) is 9.90 Å². The third-order valence-electron chi connectivity index (χ3n) is 4.13. The highest BCUT2D eigenvalue weighted by atomic mass is 32.2. The lowest BCUT2D eigenvalue weighted by Crippen LogP contribution is -2.54. The van der Waals surface area contributed by atoms with Crippen LogP contribution in [-0.2, 0) is 4.74 Å². The molecule has 2 N–H and O–H groups in total. The number of ketones is 1. The van der Waals surface area contributed by atoms with Crippen molar-refractivity contribution in [2.45, 2.75) is 30.4 Å². The highest BCUT2D eigenvalue weighted by Gasteiger charge is 2.35. The maximum absolute atomic E-state index is 12.8. The molecule has 1 aromatic carbocycles. The minimum absolute atomic E-state index is 0.103. The number of nitrogens with zero attached hydrogens (tertiary/aromatic N) is 1. The Morgan fingerprint density at radius 2 is 1.91 bits per heavy atom. The highest BCUT2D eigenvalue weighted by Crippen LogP contribution is 2.24. The normalized spacial score (nSPS) is 17.9. The molecule has 0 radical (unpaired) electrons. The number of carbonyl (C=O) groups excluding carboxylic acids is 1. The molecule has 1 atom stereocenters. The number of aliphatic hydroxyl groups is 2. The first kappa shape index (κ1) is 18.4. The van der Waals surface area contributed by atoms with E-state index in [1.165, 1.54) is 11.8 Å². The third kappa shape index (κ3) is 4.78. The first-order valence-corrected chi connectivity index (χ1v) is 8.83. The van der Waals surface area contributed by atoms with Crippen LogP contribution in [-0.4, -0.2) is 71.2 Å². The van der Waals surface area contributed by atoms with Gasteiger partial charge in [-0.25, -0.2) is 0 Å². The molecular formula is C17H25NO4S. The number of thioether (sulfide) groups is 1. The Morgan fingerprint density at radius 1 is 1.30 bits per heavy atom. The second-order valence-corrected chi connectivity index (χ2v) is 7.25. The standard InChI is InChI=1S/C17H25NO4S/c1-17(2,18-7-9-22-10-8-18)16(21)13-3-5-15(6-4-13)23-12-14(20)11-19/h3-6,14,19-20H,7-12H2,1-2H3. The van der Waals surface area contributed by atoms with Gasteiger partial charge in [0.2, 0.25) is 0 Å². The van der Waals surface area contributed by atoms with Crippen LogP contribution >= 0.6 is 11.8 Å². The Balaban J connectivity index is 2.01. The van der Waals surface area contributed by atoms with Crippen LogP contribution in [0.3, 0.4) is 0 Å². The van der Waals surface area contributed by atoms with Crippen molar-refractivity contribution in [3.8, 4) is 0 Å². The van der Waals surface area contributed by atoms with E-state index >= 15 is 0 Å². The van der Waals surface area contributed by atoms with E-state index in [0.29, 0.717) is 24.5 Å². The molecule has 0 amide bonds. The van der Waals surface area contributed by atoms with Crippen LogP contribution in [0.15, 0.2) is 29.2 Å². The minimum atomic E-state index is -0.721. The topological polar surface area (TPSA) is 70.0 Å². The number of Topliss-reactive ketones (excluding diaryl/α,β-unsaturated/α-hetero) is 1. The predicted molar refractivity (Wildman–Crippen MR) is 91.1 cm³/mol. The fourth-order valence-corrected chi connectivity index (χ4v) is 3.39. The van der Waals surface area contributed by atoms with Gasteiger partial charge in [0.15, 0.2) is 5.78 Å². The fourth-order valence-electron chi connectivity index (χ4n) is 2.57. The number of hydrogen-bond donors (Lipinski definition) is 2. The molecule has 5 nitrogen and oxygen atoms in total. The molecule has 0 aliphatic carbocycles. The second kappa shape index (κ2) is 8.26. The van der Waals surface area contributed by atoms with Crippen molar-refractivity contribution >= 4 is 17.5 Å². The number of carbonyl (C=O) groups is 1. The van der Waals surface area contributed by atoms with Gasteiger partial charge in [-0.15, -0.1) is 11.8 Å². The summed E-state index contributed by atoms with van der Waals surface area (Å²) in [6.45, 7) is 6.55. The van der Waals surface area contributed by atoms with Gasteiger partial charge in [-0.3, -0.25) is 9.69 Å². The first-order chi connectivity index (χ1) is 10.9. The largest absolute Gasteiger partial charge is 0.394 e. The van der Waals surface area contributed by atoms with Gasteiger partial charge in [0.1, 0.15) is 0 Å². The maximum Gasteiger partial charge on any atom is 0.182 e. The van der Waals surface area contributed by atoms with Crippen molar-refractivity contribution in [3.05, 3.63) is 29.8 Å². The second-order valence-electron chi connectivity index (χ2n) is 6.16. The van der Waals surface area contributed by atoms with Crippen LogP contribution in [0, 0.1) is 0 Å². The van der Waals surface area contributed by atoms with Crippen molar-refractivity contribution in [3.63, 3.8) is 0 Å². The maximum atomic E-state index is 12.8. The summed E-state index contributed by atoms with van der Waals surface area (Å²) < 4.78 is 5.36. The summed E-state index contributed by atoms with van der Waals surface area (Å²) in [5.74, 6) is 0.537. The third-order valence-corrected chi connectivity index (χ3v) is 5.28. The number of aliphatic hydroxyl groups excluding tert-OH is 2. The lowest BCUT2D eigenvalue weighted by molar-refractivity contribution is -0.00430. The molecule has 1 aliphatic heterocycles. The van der Waals surface area contributed by atoms with Gasteiger partial charge in [0.05, 0.1) is 31.5 Å². The summed E-state index contributed by atoms with van der Waals surface area (Å²) in [5, 5.41) is 18.2. The molecule has 1 fully saturated rings. The molecule has 1 aromatic rings. The van der Waals surface area contributed by atoms with Crippen LogP contribution in [0.25, 0.3) is 0 Å². The molecule has 0 bridgehead atoms. The molecule has 23 heavy (non-hydrogen) atoms. The summed E-state index contributed by atoms with van der Waals surface area (Å²) in [4.78, 5) is 16.0. The number of hydrogen-bond acceptors (Lipinski definition) is 6. The molecule has 2 rings (SSSR count). The first-order valence-electron chi connectivity index (χ1n) is 7.84. The van der Waals surface area contributed by atoms with Crippen LogP contribution in [0.2, 0.25) is 0 Å². The van der Waals surface area contributed by atoms with Gasteiger partial charge in [-0.1, -0.05) is 12.1 Å². The molecule has 1 aliphatic rings. The van der Waals surface area contributed by atoms with E-state index in [1.807, 2.05) is 38.1 Å². The van der Waals surface area contributed by atoms with Gasteiger partial charge in [0.25, 0.3) is 0 Å². The molecular weight excluding hydrogens is 314 g/mol. The Morgan fingerprint density at radius 3 is 2.48 bits per heavy atom. The van der Waals surface area contributed by atoms with E-state index in [0.717, 1.165) is 18.0 Å². The lowest BCUT2D eigenvalue weighted by atomic mass is 9.91. The molecule has 0 aromatic heterocycles. The van der Waals surface area contributed by atoms with Crippen molar-refractivity contribution in [1.82, 2.24) is 4.90 Å². The Bertz CT molecular complexity index is 512. The average Bonchev–Trinajstić information content (AvgIpc) is 2.60. The monoisotopic (exact) mass is 339 g/mol. The Kier molecular flexibility index (Phi) is 6.61. The lowest BCUT2D eigenvalue weighted by Gasteiger charge is -2.39. The van der Waals surface area contributed by atoms with Crippen LogP contribution in [0.4, 0.5) is 0 Å². The summed E-state index contributed by atoms with van der Waals surface area (Å²) in [5.41, 5.74) is 0.138. The molecule has 6 heteroatoms. The number of rotatable bonds is 7. The van der Waals surface area contributed by atoms with E-state index in [-0.39, 0.29) is 12.4 Å². The van der Waals surface area contributed by atoms with E-state index in [4.69, 9.17) is 9.84 Å². The number of morpholine rings is 1. The quantitative estimate of drug-likeness (QED) is 0.578. The summed E-state index contributed by atoms with van der Waals surface area (Å²) in [6.07, 6.45) is -0.721. The SMILES string of the molecule is CC(C)(C(=O)c1ccc(SCC(O)CO)cc1)N1CCOCC1. The number of benzene rings is 1. The van der Waals surface area contributed by atoms with Gasteiger partial charge < -0.3 is 14.9 Å². The molecule has 1 saturated heterocycles. The average molecular weight is 339 g/mol. The minimum Gasteiger partial charge on any atom is -0.394 e. The molecule has 128 valence electrons. The zero-order valence-electron chi connectivity index (χ0n) is 13.7. The van der Waals surface area contributed by atoms with E-state index < -0.39 is 11.6 Å². The van der Waals surface area contributed by atoms with Gasteiger partial charge in [-0.2, -0.15) is 0 Å². The van der Waals surface area contributed by atoms with Crippen molar-refractivity contribution in [2.24, 2.45) is 0 Å².